The number of nitrogens with two attached hydrogens (primary N) is 1. The molecule has 9 nitrogen and oxygen atoms in total. The van der Waals surface area contributed by atoms with Gasteiger partial charge in [0.1, 0.15) is 5.65 Å². The zero-order valence-electron chi connectivity index (χ0n) is 15.1. The summed E-state index contributed by atoms with van der Waals surface area (Å²) in [5.41, 5.74) is 4.92. The van der Waals surface area contributed by atoms with Gasteiger partial charge in [0.2, 0.25) is 5.91 Å². The summed E-state index contributed by atoms with van der Waals surface area (Å²) in [6.45, 7) is 1.20. The van der Waals surface area contributed by atoms with Crippen molar-refractivity contribution < 1.29 is 9.53 Å². The van der Waals surface area contributed by atoms with Crippen molar-refractivity contribution in [2.45, 2.75) is 12.8 Å². The maximum absolute atomic E-state index is 12.7. The minimum Gasteiger partial charge on any atom is -0.381 e. The summed E-state index contributed by atoms with van der Waals surface area (Å²) >= 11 is 0. The molecule has 2 aromatic rings. The summed E-state index contributed by atoms with van der Waals surface area (Å²) in [4.78, 5) is 41.2. The molecule has 11 heteroatoms. The largest absolute Gasteiger partial charge is 0.381 e. The lowest BCUT2D eigenvalue weighted by molar-refractivity contribution is -0.130. The summed E-state index contributed by atoms with van der Waals surface area (Å²) in [5, 5.41) is 3.06. The Balaban J connectivity index is 0.00000182. The first-order valence-electron chi connectivity index (χ1n) is 8.05. The Bertz CT molecular complexity index is 950. The zero-order chi connectivity index (χ0) is 18.2. The Hall–Kier alpha value is -1.94. The van der Waals surface area contributed by atoms with Crippen molar-refractivity contribution >= 4 is 47.4 Å². The number of fused-ring (bicyclic) bond motifs is 1. The Morgan fingerprint density at radius 3 is 2.48 bits per heavy atom. The summed E-state index contributed by atoms with van der Waals surface area (Å²) in [5.74, 6) is -0.207. The highest BCUT2D eigenvalue weighted by Crippen LogP contribution is 2.31. The highest BCUT2D eigenvalue weighted by atomic mass is 35.5. The fraction of sp³-hybridized carbons (Fsp3) is 0.500. The number of aromatic nitrogens is 3. The first kappa shape index (κ1) is 23.1. The van der Waals surface area contributed by atoms with Gasteiger partial charge in [0.05, 0.1) is 22.7 Å². The van der Waals surface area contributed by atoms with E-state index in [0.29, 0.717) is 31.7 Å². The van der Waals surface area contributed by atoms with Gasteiger partial charge in [0.15, 0.2) is 0 Å². The van der Waals surface area contributed by atoms with Crippen LogP contribution in [0.15, 0.2) is 21.9 Å². The van der Waals surface area contributed by atoms with Crippen molar-refractivity contribution in [3.05, 3.63) is 33.1 Å². The van der Waals surface area contributed by atoms with Gasteiger partial charge in [-0.05, 0) is 18.9 Å². The van der Waals surface area contributed by atoms with Gasteiger partial charge < -0.3 is 15.8 Å². The Labute approximate surface area is 167 Å². The van der Waals surface area contributed by atoms with Gasteiger partial charge in [0.25, 0.3) is 5.56 Å². The highest BCUT2D eigenvalue weighted by molar-refractivity contribution is 5.96. The number of nitrogens with one attached hydrogen (secondary N) is 1. The Kier molecular flexibility index (Phi) is 7.56. The van der Waals surface area contributed by atoms with E-state index in [1.807, 2.05) is 0 Å². The number of carbonyl (C=O) groups is 1. The molecule has 3 heterocycles. The van der Waals surface area contributed by atoms with Crippen LogP contribution in [0.3, 0.4) is 0 Å². The van der Waals surface area contributed by atoms with Crippen LogP contribution >= 0.6 is 24.8 Å². The number of pyridine rings is 1. The molecule has 3 N–H and O–H groups in total. The summed E-state index contributed by atoms with van der Waals surface area (Å²) in [6, 6.07) is 1.53. The fourth-order valence-electron chi connectivity index (χ4n) is 3.08. The highest BCUT2D eigenvalue weighted by Gasteiger charge is 2.38. The zero-order valence-corrected chi connectivity index (χ0v) is 16.7. The summed E-state index contributed by atoms with van der Waals surface area (Å²) in [7, 11) is 2.95. The number of amides is 1. The van der Waals surface area contributed by atoms with E-state index in [4.69, 9.17) is 10.5 Å². The van der Waals surface area contributed by atoms with Crippen molar-refractivity contribution in [1.82, 2.24) is 14.1 Å². The van der Waals surface area contributed by atoms with Crippen LogP contribution < -0.4 is 22.3 Å². The molecule has 2 aromatic heterocycles. The van der Waals surface area contributed by atoms with Crippen molar-refractivity contribution in [2.24, 2.45) is 25.2 Å². The van der Waals surface area contributed by atoms with Crippen LogP contribution in [0.25, 0.3) is 11.0 Å². The van der Waals surface area contributed by atoms with Crippen LogP contribution in [0.2, 0.25) is 0 Å². The molecule has 0 atom stereocenters. The van der Waals surface area contributed by atoms with E-state index in [1.165, 1.54) is 23.9 Å². The number of hydrogen-bond donors (Lipinski definition) is 2. The second kappa shape index (κ2) is 8.83. The number of anilines is 1. The lowest BCUT2D eigenvalue weighted by Crippen LogP contribution is -2.46. The van der Waals surface area contributed by atoms with Crippen molar-refractivity contribution in [1.29, 1.82) is 0 Å². The molecule has 0 spiro atoms. The summed E-state index contributed by atoms with van der Waals surface area (Å²) < 4.78 is 7.62. The van der Waals surface area contributed by atoms with Gasteiger partial charge >= 0.3 is 5.69 Å². The monoisotopic (exact) mass is 419 g/mol. The number of aryl methyl sites for hydroxylation is 1. The van der Waals surface area contributed by atoms with E-state index < -0.39 is 16.7 Å². The lowest BCUT2D eigenvalue weighted by Gasteiger charge is -2.34. The smallest absolute Gasteiger partial charge is 0.332 e. The van der Waals surface area contributed by atoms with Crippen LogP contribution in [0.1, 0.15) is 12.8 Å². The maximum atomic E-state index is 12.7. The van der Waals surface area contributed by atoms with E-state index >= 15 is 0 Å². The molecule has 1 amide bonds. The Morgan fingerprint density at radius 2 is 1.89 bits per heavy atom. The third kappa shape index (κ3) is 4.01. The van der Waals surface area contributed by atoms with E-state index in [2.05, 4.69) is 10.3 Å². The predicted octanol–water partition coefficient (Wildman–Crippen LogP) is 0.170. The van der Waals surface area contributed by atoms with E-state index in [9.17, 15) is 14.4 Å². The third-order valence-corrected chi connectivity index (χ3v) is 4.87. The van der Waals surface area contributed by atoms with Crippen molar-refractivity contribution in [3.63, 3.8) is 0 Å². The molecule has 0 unspecified atom stereocenters. The van der Waals surface area contributed by atoms with Gasteiger partial charge in [-0.3, -0.25) is 18.7 Å². The van der Waals surface area contributed by atoms with Crippen LogP contribution in [0.5, 0.6) is 0 Å². The molecule has 1 saturated heterocycles. The normalized spacial score (nSPS) is 15.5. The molecule has 0 aromatic carbocycles. The van der Waals surface area contributed by atoms with Gasteiger partial charge in [-0.15, -0.1) is 24.8 Å². The van der Waals surface area contributed by atoms with Crippen molar-refractivity contribution in [3.8, 4) is 0 Å². The first-order chi connectivity index (χ1) is 11.9. The topological polar surface area (TPSA) is 121 Å². The van der Waals surface area contributed by atoms with Gasteiger partial charge in [-0.2, -0.15) is 0 Å². The average molecular weight is 420 g/mol. The van der Waals surface area contributed by atoms with E-state index in [1.54, 1.807) is 7.05 Å². The molecule has 0 aliphatic carbocycles. The minimum absolute atomic E-state index is 0. The van der Waals surface area contributed by atoms with Crippen LogP contribution in [0.4, 0.5) is 5.69 Å². The molecule has 1 aliphatic heterocycles. The molecule has 150 valence electrons. The number of nitrogens with zero attached hydrogens (tertiary/aromatic N) is 3. The molecule has 0 saturated carbocycles. The van der Waals surface area contributed by atoms with E-state index in [-0.39, 0.29) is 48.3 Å². The second-order valence-corrected chi connectivity index (χ2v) is 6.35. The molecule has 27 heavy (non-hydrogen) atoms. The molecular formula is C16H23Cl2N5O4. The number of carbonyl (C=O) groups excluding carboxylic acids is 1. The molecular weight excluding hydrogens is 397 g/mol. The van der Waals surface area contributed by atoms with Crippen LogP contribution in [-0.2, 0) is 23.6 Å². The first-order valence-corrected chi connectivity index (χ1v) is 8.05. The molecule has 0 bridgehead atoms. The predicted molar refractivity (Wildman–Crippen MR) is 107 cm³/mol. The molecule has 1 fully saturated rings. The third-order valence-electron chi connectivity index (χ3n) is 4.87. The average Bonchev–Trinajstić information content (AvgIpc) is 2.65. The molecule has 1 aliphatic rings. The SMILES string of the molecule is Cl.Cl.Cn1c(=O)c2cc(NC(=O)C3(CN)CCOCC3)cnc2n(C)c1=O. The molecule has 0 radical (unpaired) electrons. The van der Waals surface area contributed by atoms with Crippen molar-refractivity contribution in [2.75, 3.05) is 25.1 Å². The lowest BCUT2D eigenvalue weighted by atomic mass is 9.79. The second-order valence-electron chi connectivity index (χ2n) is 6.35. The Morgan fingerprint density at radius 1 is 1.26 bits per heavy atom. The quantitative estimate of drug-likeness (QED) is 0.730. The van der Waals surface area contributed by atoms with Gasteiger partial charge in [-0.1, -0.05) is 0 Å². The number of ether oxygens (including phenoxy) is 1. The van der Waals surface area contributed by atoms with Gasteiger partial charge in [0, 0.05) is 33.9 Å². The fourth-order valence-corrected chi connectivity index (χ4v) is 3.08. The van der Waals surface area contributed by atoms with Crippen LogP contribution in [0, 0.1) is 5.41 Å². The summed E-state index contributed by atoms with van der Waals surface area (Å²) in [6.07, 6.45) is 2.53. The minimum atomic E-state index is -0.679. The maximum Gasteiger partial charge on any atom is 0.332 e. The van der Waals surface area contributed by atoms with Gasteiger partial charge in [-0.25, -0.2) is 9.78 Å². The standard InChI is InChI=1S/C16H21N5O4.2ClH/c1-20-12-11(13(22)21(2)15(20)24)7-10(8-18-12)19-14(23)16(9-17)3-5-25-6-4-16;;/h7-8H,3-6,9,17H2,1-2H3,(H,19,23);2*1H. The number of rotatable bonds is 3. The van der Waals surface area contributed by atoms with E-state index in [0.717, 1.165) is 4.57 Å². The number of hydrogen-bond acceptors (Lipinski definition) is 6. The molecule has 3 rings (SSSR count). The van der Waals surface area contributed by atoms with Crippen LogP contribution in [-0.4, -0.2) is 39.8 Å². The number of halogens is 2.